The van der Waals surface area contributed by atoms with Crippen LogP contribution in [0.4, 0.5) is 0 Å². The Bertz CT molecular complexity index is 1310. The van der Waals surface area contributed by atoms with Gasteiger partial charge < -0.3 is 14.4 Å². The van der Waals surface area contributed by atoms with Crippen LogP contribution >= 0.6 is 0 Å². The summed E-state index contributed by atoms with van der Waals surface area (Å²) in [6.07, 6.45) is 1.73. The lowest BCUT2D eigenvalue weighted by Crippen LogP contribution is -2.43. The molecule has 1 saturated heterocycles. The van der Waals surface area contributed by atoms with Gasteiger partial charge in [-0.2, -0.15) is 0 Å². The summed E-state index contributed by atoms with van der Waals surface area (Å²) in [5, 5.41) is 0.437. The molecular weight excluding hydrogens is 410 g/mol. The normalized spacial score (nSPS) is 17.7. The van der Waals surface area contributed by atoms with Gasteiger partial charge >= 0.3 is 5.69 Å². The molecule has 5 rings (SSSR count). The smallest absolute Gasteiger partial charge is 0.331 e. The maximum Gasteiger partial charge on any atom is 0.331 e. The second-order valence-electron chi connectivity index (χ2n) is 8.08. The van der Waals surface area contributed by atoms with E-state index in [-0.39, 0.29) is 30.6 Å². The van der Waals surface area contributed by atoms with Gasteiger partial charge in [0, 0.05) is 13.1 Å². The number of para-hydroxylation sites is 1. The van der Waals surface area contributed by atoms with Gasteiger partial charge in [0.1, 0.15) is 19.8 Å². The van der Waals surface area contributed by atoms with E-state index < -0.39 is 5.69 Å². The number of carbonyl (C=O) groups is 1. The van der Waals surface area contributed by atoms with Crippen molar-refractivity contribution < 1.29 is 14.3 Å². The first kappa shape index (κ1) is 20.4. The number of rotatable bonds is 4. The van der Waals surface area contributed by atoms with E-state index in [0.717, 1.165) is 24.2 Å². The lowest BCUT2D eigenvalue weighted by atomic mass is 10.0. The third kappa shape index (κ3) is 3.36. The van der Waals surface area contributed by atoms with Gasteiger partial charge in [0.05, 0.1) is 16.9 Å². The maximum absolute atomic E-state index is 13.4. The van der Waals surface area contributed by atoms with Crippen molar-refractivity contribution in [2.24, 2.45) is 0 Å². The van der Waals surface area contributed by atoms with Crippen LogP contribution in [0.1, 0.15) is 31.4 Å². The highest BCUT2D eigenvalue weighted by molar-refractivity contribution is 5.82. The van der Waals surface area contributed by atoms with Gasteiger partial charge in [-0.1, -0.05) is 18.2 Å². The molecule has 3 heterocycles. The number of amides is 1. The highest BCUT2D eigenvalue weighted by Crippen LogP contribution is 2.38. The van der Waals surface area contributed by atoms with Gasteiger partial charge in [0.25, 0.3) is 5.56 Å². The first-order chi connectivity index (χ1) is 15.6. The zero-order valence-electron chi connectivity index (χ0n) is 18.0. The monoisotopic (exact) mass is 435 g/mol. The van der Waals surface area contributed by atoms with Crippen LogP contribution < -0.4 is 20.7 Å². The largest absolute Gasteiger partial charge is 0.486 e. The molecular formula is C24H25N3O5. The fraction of sp³-hybridized carbons (Fsp3) is 0.375. The van der Waals surface area contributed by atoms with Crippen molar-refractivity contribution in [3.63, 3.8) is 0 Å². The van der Waals surface area contributed by atoms with Crippen LogP contribution in [0.2, 0.25) is 0 Å². The van der Waals surface area contributed by atoms with E-state index in [1.807, 2.05) is 23.1 Å². The minimum atomic E-state index is -0.459. The van der Waals surface area contributed by atoms with Crippen molar-refractivity contribution in [1.82, 2.24) is 14.0 Å². The molecule has 1 aromatic heterocycles. The molecule has 32 heavy (non-hydrogen) atoms. The average molecular weight is 435 g/mol. The van der Waals surface area contributed by atoms with E-state index in [1.165, 1.54) is 9.13 Å². The van der Waals surface area contributed by atoms with E-state index in [2.05, 4.69) is 0 Å². The SMILES string of the molecule is CCn1c(=O)c2ccccc2n(CC(=O)N2CCCC2c2ccc3c(c2)OCCO3)c1=O. The fourth-order valence-corrected chi connectivity index (χ4v) is 4.71. The number of aromatic nitrogens is 2. The van der Waals surface area contributed by atoms with E-state index >= 15 is 0 Å². The Kier molecular flexibility index (Phi) is 5.20. The first-order valence-corrected chi connectivity index (χ1v) is 11.0. The summed E-state index contributed by atoms with van der Waals surface area (Å²) in [5.74, 6) is 1.27. The molecule has 0 spiro atoms. The minimum absolute atomic E-state index is 0.0858. The summed E-state index contributed by atoms with van der Waals surface area (Å²) in [5.41, 5.74) is 0.693. The molecule has 0 N–H and O–H groups in total. The molecule has 1 atom stereocenters. The molecule has 0 bridgehead atoms. The van der Waals surface area contributed by atoms with Crippen molar-refractivity contribution in [2.45, 2.75) is 38.9 Å². The lowest BCUT2D eigenvalue weighted by molar-refractivity contribution is -0.132. The molecule has 2 aromatic carbocycles. The summed E-state index contributed by atoms with van der Waals surface area (Å²) in [6, 6.07) is 12.7. The molecule has 0 aliphatic carbocycles. The summed E-state index contributed by atoms with van der Waals surface area (Å²) in [6.45, 7) is 3.55. The van der Waals surface area contributed by atoms with E-state index in [1.54, 1.807) is 31.2 Å². The summed E-state index contributed by atoms with van der Waals surface area (Å²) in [7, 11) is 0. The van der Waals surface area contributed by atoms with Crippen molar-refractivity contribution in [3.8, 4) is 11.5 Å². The van der Waals surface area contributed by atoms with Gasteiger partial charge in [-0.15, -0.1) is 0 Å². The number of fused-ring (bicyclic) bond motifs is 2. The molecule has 1 unspecified atom stereocenters. The van der Waals surface area contributed by atoms with Crippen LogP contribution in [-0.2, 0) is 17.9 Å². The summed E-state index contributed by atoms with van der Waals surface area (Å²) < 4.78 is 13.9. The Morgan fingerprint density at radius 2 is 1.81 bits per heavy atom. The quantitative estimate of drug-likeness (QED) is 0.628. The van der Waals surface area contributed by atoms with Crippen LogP contribution in [0.25, 0.3) is 10.9 Å². The van der Waals surface area contributed by atoms with Gasteiger partial charge in [-0.05, 0) is 49.6 Å². The Balaban J connectivity index is 1.48. The fourth-order valence-electron chi connectivity index (χ4n) is 4.71. The Morgan fingerprint density at radius 1 is 1.03 bits per heavy atom. The lowest BCUT2D eigenvalue weighted by Gasteiger charge is -2.27. The van der Waals surface area contributed by atoms with Gasteiger partial charge in [-0.3, -0.25) is 18.7 Å². The van der Waals surface area contributed by atoms with Crippen LogP contribution in [0.15, 0.2) is 52.1 Å². The number of carbonyl (C=O) groups excluding carboxylic acids is 1. The third-order valence-corrected chi connectivity index (χ3v) is 6.27. The number of likely N-dealkylation sites (tertiary alicyclic amines) is 1. The minimum Gasteiger partial charge on any atom is -0.486 e. The van der Waals surface area contributed by atoms with Gasteiger partial charge in [-0.25, -0.2) is 4.79 Å². The average Bonchev–Trinajstić information content (AvgIpc) is 3.32. The first-order valence-electron chi connectivity index (χ1n) is 11.0. The van der Waals surface area contributed by atoms with Crippen LogP contribution in [0.5, 0.6) is 11.5 Å². The standard InChI is InChI=1S/C24H25N3O5/c1-2-25-23(29)17-6-3-4-7-19(17)27(24(25)30)15-22(28)26-11-5-8-18(26)16-9-10-20-21(14-16)32-13-12-31-20/h3-4,6-7,9-10,14,18H,2,5,8,11-13,15H2,1H3. The van der Waals surface area contributed by atoms with E-state index in [0.29, 0.717) is 36.4 Å². The zero-order chi connectivity index (χ0) is 22.2. The van der Waals surface area contributed by atoms with Crippen molar-refractivity contribution in [2.75, 3.05) is 19.8 Å². The van der Waals surface area contributed by atoms with Crippen molar-refractivity contribution in [3.05, 3.63) is 68.9 Å². The van der Waals surface area contributed by atoms with E-state index in [4.69, 9.17) is 9.47 Å². The van der Waals surface area contributed by atoms with Crippen LogP contribution in [-0.4, -0.2) is 39.7 Å². The molecule has 8 heteroatoms. The van der Waals surface area contributed by atoms with Crippen molar-refractivity contribution in [1.29, 1.82) is 0 Å². The molecule has 166 valence electrons. The predicted molar refractivity (Wildman–Crippen MR) is 119 cm³/mol. The van der Waals surface area contributed by atoms with Crippen LogP contribution in [0, 0.1) is 0 Å². The molecule has 8 nitrogen and oxygen atoms in total. The van der Waals surface area contributed by atoms with E-state index in [9.17, 15) is 14.4 Å². The molecule has 2 aliphatic rings. The highest BCUT2D eigenvalue weighted by atomic mass is 16.6. The van der Waals surface area contributed by atoms with Crippen LogP contribution in [0.3, 0.4) is 0 Å². The highest BCUT2D eigenvalue weighted by Gasteiger charge is 2.31. The predicted octanol–water partition coefficient (Wildman–Crippen LogP) is 2.32. The number of benzene rings is 2. The number of hydrogen-bond donors (Lipinski definition) is 0. The van der Waals surface area contributed by atoms with Crippen molar-refractivity contribution >= 4 is 16.8 Å². The Morgan fingerprint density at radius 3 is 2.62 bits per heavy atom. The molecule has 3 aromatic rings. The molecule has 2 aliphatic heterocycles. The number of nitrogens with zero attached hydrogens (tertiary/aromatic N) is 3. The third-order valence-electron chi connectivity index (χ3n) is 6.27. The molecule has 1 amide bonds. The maximum atomic E-state index is 13.4. The van der Waals surface area contributed by atoms with Gasteiger partial charge in [0.2, 0.25) is 5.91 Å². The molecule has 1 fully saturated rings. The second kappa shape index (κ2) is 8.18. The number of hydrogen-bond acceptors (Lipinski definition) is 5. The molecule has 0 saturated carbocycles. The number of ether oxygens (including phenoxy) is 2. The Labute approximate surface area is 184 Å². The topological polar surface area (TPSA) is 82.8 Å². The zero-order valence-corrected chi connectivity index (χ0v) is 18.0. The second-order valence-corrected chi connectivity index (χ2v) is 8.08. The summed E-state index contributed by atoms with van der Waals surface area (Å²) in [4.78, 5) is 40.9. The summed E-state index contributed by atoms with van der Waals surface area (Å²) >= 11 is 0. The molecule has 0 radical (unpaired) electrons. The van der Waals surface area contributed by atoms with Gasteiger partial charge in [0.15, 0.2) is 11.5 Å². The Hall–Kier alpha value is -3.55.